The van der Waals surface area contributed by atoms with E-state index in [0.717, 1.165) is 6.07 Å². The number of fused-ring (bicyclic) bond motifs is 1. The van der Waals surface area contributed by atoms with Crippen molar-refractivity contribution in [3.05, 3.63) is 97.4 Å². The van der Waals surface area contributed by atoms with Gasteiger partial charge in [0.2, 0.25) is 5.95 Å². The number of hydrogen-bond acceptors (Lipinski definition) is 6. The molecular weight excluding hydrogens is 494 g/mol. The van der Waals surface area contributed by atoms with E-state index in [0.29, 0.717) is 24.1 Å². The van der Waals surface area contributed by atoms with Crippen LogP contribution in [0, 0.1) is 11.6 Å². The fourth-order valence-electron chi connectivity index (χ4n) is 4.23. The number of nitrogens with one attached hydrogen (secondary N) is 1. The lowest BCUT2D eigenvalue weighted by Gasteiger charge is -2.34. The number of amides is 1. The molecule has 1 aliphatic heterocycles. The number of H-pyrrole nitrogens is 1. The number of benzene rings is 2. The van der Waals surface area contributed by atoms with Crippen LogP contribution in [0.3, 0.4) is 0 Å². The van der Waals surface area contributed by atoms with Crippen LogP contribution < -0.4 is 16.1 Å². The van der Waals surface area contributed by atoms with Crippen molar-refractivity contribution in [1.29, 1.82) is 0 Å². The van der Waals surface area contributed by atoms with Gasteiger partial charge in [0.05, 0.1) is 23.0 Å². The monoisotopic (exact) mass is 512 g/mol. The second-order valence-corrected chi connectivity index (χ2v) is 8.71. The molecule has 1 aliphatic rings. The highest BCUT2D eigenvalue weighted by Gasteiger charge is 2.27. The molecule has 184 valence electrons. The predicted molar refractivity (Wildman–Crippen MR) is 129 cm³/mol. The molecule has 0 saturated carbocycles. The topological polar surface area (TPSA) is 104 Å². The van der Waals surface area contributed by atoms with Gasteiger partial charge in [-0.15, -0.1) is 0 Å². The Labute approximate surface area is 207 Å². The first-order chi connectivity index (χ1) is 17.3. The predicted octanol–water partition coefficient (Wildman–Crippen LogP) is 2.42. The van der Waals surface area contributed by atoms with E-state index in [9.17, 15) is 23.2 Å². The first-order valence-corrected chi connectivity index (χ1v) is 11.4. The molecule has 0 unspecified atom stereocenters. The van der Waals surface area contributed by atoms with Gasteiger partial charge < -0.3 is 9.80 Å². The molecule has 5 rings (SSSR count). The Balaban J connectivity index is 1.43. The number of hydrogen-bond donors (Lipinski definition) is 1. The maximum atomic E-state index is 14.7. The molecule has 1 N–H and O–H groups in total. The van der Waals surface area contributed by atoms with Crippen LogP contribution >= 0.6 is 11.6 Å². The Bertz CT molecular complexity index is 1580. The Morgan fingerprint density at radius 2 is 1.75 bits per heavy atom. The van der Waals surface area contributed by atoms with Crippen LogP contribution in [0.2, 0.25) is 5.02 Å². The van der Waals surface area contributed by atoms with Gasteiger partial charge in [0.25, 0.3) is 11.5 Å². The van der Waals surface area contributed by atoms with Crippen molar-refractivity contribution in [2.75, 3.05) is 31.1 Å². The van der Waals surface area contributed by atoms with Gasteiger partial charge >= 0.3 is 5.69 Å². The first-order valence-electron chi connectivity index (χ1n) is 11.0. The highest BCUT2D eigenvalue weighted by Crippen LogP contribution is 2.21. The minimum absolute atomic E-state index is 0.168. The normalized spacial score (nSPS) is 13.9. The van der Waals surface area contributed by atoms with Crippen molar-refractivity contribution in [3.63, 3.8) is 0 Å². The fraction of sp³-hybridized carbons (Fsp3) is 0.208. The van der Waals surface area contributed by atoms with Crippen molar-refractivity contribution in [2.45, 2.75) is 6.54 Å². The van der Waals surface area contributed by atoms with Gasteiger partial charge in [0.15, 0.2) is 11.6 Å². The largest absolute Gasteiger partial charge is 0.337 e. The molecule has 2 aromatic carbocycles. The molecule has 36 heavy (non-hydrogen) atoms. The van der Waals surface area contributed by atoms with E-state index >= 15 is 0 Å². The summed E-state index contributed by atoms with van der Waals surface area (Å²) in [4.78, 5) is 51.7. The van der Waals surface area contributed by atoms with Crippen LogP contribution in [0.25, 0.3) is 10.9 Å². The summed E-state index contributed by atoms with van der Waals surface area (Å²) in [7, 11) is 0. The smallest absolute Gasteiger partial charge is 0.329 e. The average molecular weight is 513 g/mol. The third-order valence-corrected chi connectivity index (χ3v) is 6.26. The second kappa shape index (κ2) is 9.50. The van der Waals surface area contributed by atoms with E-state index in [4.69, 9.17) is 11.6 Å². The molecule has 0 atom stereocenters. The van der Waals surface area contributed by atoms with Gasteiger partial charge in [-0.3, -0.25) is 19.1 Å². The van der Waals surface area contributed by atoms with Crippen LogP contribution in [0.5, 0.6) is 0 Å². The molecule has 4 aromatic rings. The average Bonchev–Trinajstić information content (AvgIpc) is 2.89. The van der Waals surface area contributed by atoms with Gasteiger partial charge in [0, 0.05) is 43.6 Å². The zero-order valence-electron chi connectivity index (χ0n) is 18.7. The summed E-state index contributed by atoms with van der Waals surface area (Å²) in [6, 6.07) is 8.28. The van der Waals surface area contributed by atoms with Crippen LogP contribution in [0.4, 0.5) is 14.7 Å². The summed E-state index contributed by atoms with van der Waals surface area (Å²) in [6.45, 7) is 1.20. The van der Waals surface area contributed by atoms with Gasteiger partial charge in [-0.2, -0.15) is 0 Å². The van der Waals surface area contributed by atoms with E-state index in [2.05, 4.69) is 15.0 Å². The third kappa shape index (κ3) is 4.44. The Kier molecular flexibility index (Phi) is 6.23. The molecule has 1 saturated heterocycles. The van der Waals surface area contributed by atoms with E-state index < -0.39 is 34.4 Å². The summed E-state index contributed by atoms with van der Waals surface area (Å²) >= 11 is 5.97. The zero-order chi connectivity index (χ0) is 25.4. The third-order valence-electron chi connectivity index (χ3n) is 6.02. The van der Waals surface area contributed by atoms with E-state index in [1.807, 2.05) is 4.90 Å². The number of halogens is 3. The van der Waals surface area contributed by atoms with Crippen LogP contribution in [-0.4, -0.2) is 56.5 Å². The quantitative estimate of drug-likeness (QED) is 0.450. The number of nitrogens with zero attached hydrogens (tertiary/aromatic N) is 5. The SMILES string of the molecule is O=C(c1cc(Cn2c(=O)[nH]c(=O)c3cc(Cl)ccc32)cc(F)c1F)N1CCN(c2ncccn2)CC1. The molecule has 0 aliphatic carbocycles. The number of aromatic nitrogens is 4. The van der Waals surface area contributed by atoms with Crippen LogP contribution in [0.15, 0.2) is 58.4 Å². The highest BCUT2D eigenvalue weighted by molar-refractivity contribution is 6.31. The standard InChI is InChI=1S/C24H19ClF2N6O3/c25-15-2-3-19-16(12-15)21(34)30-24(36)33(19)13-14-10-17(20(27)18(26)11-14)22(35)31-6-8-32(9-7-31)23-28-4-1-5-29-23/h1-5,10-12H,6-9,13H2,(H,30,34,36). The second-order valence-electron chi connectivity index (χ2n) is 8.27. The van der Waals surface area contributed by atoms with E-state index in [1.165, 1.54) is 33.7 Å². The summed E-state index contributed by atoms with van der Waals surface area (Å²) < 4.78 is 30.5. The molecule has 1 fully saturated rings. The lowest BCUT2D eigenvalue weighted by molar-refractivity contribution is 0.0740. The maximum absolute atomic E-state index is 14.7. The van der Waals surface area contributed by atoms with Crippen molar-refractivity contribution >= 4 is 34.4 Å². The molecule has 12 heteroatoms. The Morgan fingerprint density at radius 3 is 2.47 bits per heavy atom. The molecule has 0 radical (unpaired) electrons. The highest BCUT2D eigenvalue weighted by atomic mass is 35.5. The zero-order valence-corrected chi connectivity index (χ0v) is 19.5. The van der Waals surface area contributed by atoms with Crippen molar-refractivity contribution < 1.29 is 13.6 Å². The molecule has 0 bridgehead atoms. The molecule has 9 nitrogen and oxygen atoms in total. The number of piperazine rings is 1. The number of anilines is 1. The van der Waals surface area contributed by atoms with Crippen molar-refractivity contribution in [3.8, 4) is 0 Å². The van der Waals surface area contributed by atoms with Crippen molar-refractivity contribution in [2.24, 2.45) is 0 Å². The van der Waals surface area contributed by atoms with Gasteiger partial charge in [-0.05, 0) is 42.0 Å². The molecule has 2 aromatic heterocycles. The number of carbonyl (C=O) groups excluding carboxylic acids is 1. The lowest BCUT2D eigenvalue weighted by Crippen LogP contribution is -2.49. The van der Waals surface area contributed by atoms with E-state index in [1.54, 1.807) is 18.5 Å². The van der Waals surface area contributed by atoms with Gasteiger partial charge in [-0.1, -0.05) is 11.6 Å². The molecule has 1 amide bonds. The summed E-state index contributed by atoms with van der Waals surface area (Å²) in [5.74, 6) is -2.60. The summed E-state index contributed by atoms with van der Waals surface area (Å²) in [5, 5.41) is 0.471. The van der Waals surface area contributed by atoms with E-state index in [-0.39, 0.29) is 36.1 Å². The minimum atomic E-state index is -1.26. The van der Waals surface area contributed by atoms with Crippen molar-refractivity contribution in [1.82, 2.24) is 24.4 Å². The van der Waals surface area contributed by atoms with Crippen LogP contribution in [0.1, 0.15) is 15.9 Å². The Morgan fingerprint density at radius 1 is 1.03 bits per heavy atom. The number of carbonyl (C=O) groups is 1. The number of aromatic amines is 1. The fourth-order valence-corrected chi connectivity index (χ4v) is 4.41. The molecule has 0 spiro atoms. The Hall–Kier alpha value is -4.12. The molecule has 3 heterocycles. The van der Waals surface area contributed by atoms with Crippen LogP contribution in [-0.2, 0) is 6.54 Å². The minimum Gasteiger partial charge on any atom is -0.337 e. The summed E-state index contributed by atoms with van der Waals surface area (Å²) in [6.07, 6.45) is 3.24. The maximum Gasteiger partial charge on any atom is 0.329 e. The summed E-state index contributed by atoms with van der Waals surface area (Å²) in [5.41, 5.74) is -1.33. The lowest BCUT2D eigenvalue weighted by atomic mass is 10.1. The van der Waals surface area contributed by atoms with Gasteiger partial charge in [0.1, 0.15) is 0 Å². The van der Waals surface area contributed by atoms with Gasteiger partial charge in [-0.25, -0.2) is 23.5 Å². The first kappa shape index (κ1) is 23.6. The molecular formula is C24H19ClF2N6O3. The number of rotatable bonds is 4.